The predicted molar refractivity (Wildman–Crippen MR) is 66.1 cm³/mol. The Kier molecular flexibility index (Phi) is 3.11. The van der Waals surface area contributed by atoms with Crippen LogP contribution in [0.2, 0.25) is 0 Å². The summed E-state index contributed by atoms with van der Waals surface area (Å²) in [5.74, 6) is 1.16. The molecule has 102 valence electrons. The first-order valence-electron chi connectivity index (χ1n) is 5.91. The normalized spacial score (nSPS) is 22.4. The average Bonchev–Trinajstić information content (AvgIpc) is 2.96. The Hall–Kier alpha value is -1.67. The summed E-state index contributed by atoms with van der Waals surface area (Å²) in [5.41, 5.74) is 0.735. The van der Waals surface area contributed by atoms with Crippen LogP contribution in [-0.4, -0.2) is 42.7 Å². The maximum atomic E-state index is 11.5. The van der Waals surface area contributed by atoms with Gasteiger partial charge in [-0.25, -0.2) is 8.42 Å². The molecule has 0 radical (unpaired) electrons. The van der Waals surface area contributed by atoms with Gasteiger partial charge in [0.1, 0.15) is 6.26 Å². The van der Waals surface area contributed by atoms with Crippen molar-refractivity contribution >= 4 is 9.84 Å². The predicted octanol–water partition coefficient (Wildman–Crippen LogP) is 0.259. The number of rotatable bonds is 3. The van der Waals surface area contributed by atoms with Gasteiger partial charge in [0.15, 0.2) is 9.84 Å². The lowest BCUT2D eigenvalue weighted by molar-refractivity contribution is 0.361. The molecule has 0 bridgehead atoms. The molecule has 0 aromatic carbocycles. The van der Waals surface area contributed by atoms with Gasteiger partial charge in [0, 0.05) is 19.0 Å². The van der Waals surface area contributed by atoms with E-state index in [1.165, 1.54) is 12.5 Å². The Bertz CT molecular complexity index is 647. The van der Waals surface area contributed by atoms with Gasteiger partial charge in [0.25, 0.3) is 0 Å². The minimum Gasteiger partial charge on any atom is -0.472 e. The topological polar surface area (TPSA) is 98.2 Å². The van der Waals surface area contributed by atoms with E-state index < -0.39 is 9.84 Å². The van der Waals surface area contributed by atoms with E-state index in [9.17, 15) is 8.42 Å². The molecule has 2 aromatic rings. The maximum absolute atomic E-state index is 11.5. The van der Waals surface area contributed by atoms with Crippen LogP contribution in [0.15, 0.2) is 27.5 Å². The standard InChI is InChI=1S/C11H13N3O4S/c15-19(16)4-2-12-9(7-19)5-10-13-11(14-18-10)8-1-3-17-6-8/h1,3,6,9,12H,2,4-5,7H2. The van der Waals surface area contributed by atoms with Crippen molar-refractivity contribution in [2.75, 3.05) is 18.1 Å². The second kappa shape index (κ2) is 4.78. The highest BCUT2D eigenvalue weighted by molar-refractivity contribution is 7.91. The third kappa shape index (κ3) is 2.85. The summed E-state index contributed by atoms with van der Waals surface area (Å²) in [6.07, 6.45) is 3.46. The first kappa shape index (κ1) is 12.4. The second-order valence-corrected chi connectivity index (χ2v) is 6.72. The monoisotopic (exact) mass is 283 g/mol. The Balaban J connectivity index is 1.71. The van der Waals surface area contributed by atoms with Crippen LogP contribution in [0.1, 0.15) is 5.89 Å². The van der Waals surface area contributed by atoms with Crippen molar-refractivity contribution in [2.24, 2.45) is 0 Å². The molecular weight excluding hydrogens is 270 g/mol. The number of hydrogen-bond donors (Lipinski definition) is 1. The van der Waals surface area contributed by atoms with Crippen LogP contribution in [0, 0.1) is 0 Å². The van der Waals surface area contributed by atoms with Crippen LogP contribution in [0.5, 0.6) is 0 Å². The highest BCUT2D eigenvalue weighted by Crippen LogP contribution is 2.16. The second-order valence-electron chi connectivity index (χ2n) is 4.49. The first-order chi connectivity index (χ1) is 9.12. The van der Waals surface area contributed by atoms with Gasteiger partial charge in [-0.05, 0) is 6.07 Å². The molecule has 19 heavy (non-hydrogen) atoms. The number of furan rings is 1. The van der Waals surface area contributed by atoms with Crippen molar-refractivity contribution in [3.8, 4) is 11.4 Å². The molecule has 1 aliphatic rings. The molecule has 2 aromatic heterocycles. The third-order valence-electron chi connectivity index (χ3n) is 2.97. The molecule has 1 unspecified atom stereocenters. The minimum atomic E-state index is -2.96. The SMILES string of the molecule is O=S1(=O)CCNC(Cc2nc(-c3ccoc3)no2)C1. The van der Waals surface area contributed by atoms with E-state index in [-0.39, 0.29) is 17.5 Å². The Morgan fingerprint density at radius 1 is 1.47 bits per heavy atom. The summed E-state index contributed by atoms with van der Waals surface area (Å²) in [4.78, 5) is 4.22. The summed E-state index contributed by atoms with van der Waals surface area (Å²) < 4.78 is 33.1. The number of hydrogen-bond acceptors (Lipinski definition) is 7. The van der Waals surface area contributed by atoms with Crippen molar-refractivity contribution in [3.63, 3.8) is 0 Å². The van der Waals surface area contributed by atoms with E-state index in [0.717, 1.165) is 5.56 Å². The van der Waals surface area contributed by atoms with Gasteiger partial charge in [0.2, 0.25) is 11.7 Å². The zero-order valence-corrected chi connectivity index (χ0v) is 10.9. The number of aromatic nitrogens is 2. The van der Waals surface area contributed by atoms with Gasteiger partial charge in [-0.2, -0.15) is 4.98 Å². The number of nitrogens with one attached hydrogen (secondary N) is 1. The van der Waals surface area contributed by atoms with Crippen LogP contribution < -0.4 is 5.32 Å². The smallest absolute Gasteiger partial charge is 0.228 e. The molecule has 0 amide bonds. The fraction of sp³-hybridized carbons (Fsp3) is 0.455. The van der Waals surface area contributed by atoms with E-state index in [1.807, 2.05) is 0 Å². The summed E-state index contributed by atoms with van der Waals surface area (Å²) >= 11 is 0. The lowest BCUT2D eigenvalue weighted by Gasteiger charge is -2.21. The highest BCUT2D eigenvalue weighted by atomic mass is 32.2. The lowest BCUT2D eigenvalue weighted by Crippen LogP contribution is -2.46. The van der Waals surface area contributed by atoms with Crippen LogP contribution in [0.25, 0.3) is 11.4 Å². The molecule has 3 rings (SSSR count). The molecule has 1 N–H and O–H groups in total. The molecule has 3 heterocycles. The first-order valence-corrected chi connectivity index (χ1v) is 7.73. The van der Waals surface area contributed by atoms with Crippen LogP contribution in [0.3, 0.4) is 0 Å². The van der Waals surface area contributed by atoms with Crippen LogP contribution in [0.4, 0.5) is 0 Å². The fourth-order valence-corrected chi connectivity index (χ4v) is 3.50. The van der Waals surface area contributed by atoms with Gasteiger partial charge in [-0.15, -0.1) is 0 Å². The van der Waals surface area contributed by atoms with Crippen molar-refractivity contribution in [1.29, 1.82) is 0 Å². The van der Waals surface area contributed by atoms with Gasteiger partial charge in [0.05, 0.1) is 23.3 Å². The van der Waals surface area contributed by atoms with Gasteiger partial charge in [-0.1, -0.05) is 5.16 Å². The molecule has 8 heteroatoms. The van der Waals surface area contributed by atoms with Crippen molar-refractivity contribution in [2.45, 2.75) is 12.5 Å². The van der Waals surface area contributed by atoms with E-state index in [4.69, 9.17) is 8.94 Å². The van der Waals surface area contributed by atoms with Gasteiger partial charge in [-0.3, -0.25) is 0 Å². The fourth-order valence-electron chi connectivity index (χ4n) is 2.06. The molecule has 0 saturated carbocycles. The zero-order chi connectivity index (χ0) is 13.3. The third-order valence-corrected chi connectivity index (χ3v) is 4.71. The Morgan fingerprint density at radius 3 is 3.11 bits per heavy atom. The molecule has 7 nitrogen and oxygen atoms in total. The van der Waals surface area contributed by atoms with E-state index >= 15 is 0 Å². The molecule has 0 spiro atoms. The molecule has 1 saturated heterocycles. The number of sulfone groups is 1. The van der Waals surface area contributed by atoms with Gasteiger partial charge < -0.3 is 14.3 Å². The molecule has 1 atom stereocenters. The minimum absolute atomic E-state index is 0.108. The Labute approximate surface area is 109 Å². The van der Waals surface area contributed by atoms with Gasteiger partial charge >= 0.3 is 0 Å². The summed E-state index contributed by atoms with van der Waals surface area (Å²) in [5, 5.41) is 6.98. The van der Waals surface area contributed by atoms with E-state index in [1.54, 1.807) is 6.07 Å². The van der Waals surface area contributed by atoms with Crippen molar-refractivity contribution in [1.82, 2.24) is 15.5 Å². The maximum Gasteiger partial charge on any atom is 0.228 e. The molecular formula is C11H13N3O4S. The summed E-state index contributed by atoms with van der Waals surface area (Å²) in [6.45, 7) is 0.468. The number of nitrogens with zero attached hydrogens (tertiary/aromatic N) is 2. The van der Waals surface area contributed by atoms with Crippen molar-refractivity contribution < 1.29 is 17.4 Å². The average molecular weight is 283 g/mol. The van der Waals surface area contributed by atoms with E-state index in [0.29, 0.717) is 24.7 Å². The van der Waals surface area contributed by atoms with Crippen LogP contribution in [-0.2, 0) is 16.3 Å². The van der Waals surface area contributed by atoms with Crippen molar-refractivity contribution in [3.05, 3.63) is 24.5 Å². The highest BCUT2D eigenvalue weighted by Gasteiger charge is 2.26. The summed E-state index contributed by atoms with van der Waals surface area (Å²) in [7, 11) is -2.96. The van der Waals surface area contributed by atoms with E-state index in [2.05, 4.69) is 15.5 Å². The summed E-state index contributed by atoms with van der Waals surface area (Å²) in [6, 6.07) is 1.56. The zero-order valence-electron chi connectivity index (χ0n) is 10.1. The molecule has 1 fully saturated rings. The Morgan fingerprint density at radius 2 is 2.37 bits per heavy atom. The van der Waals surface area contributed by atoms with Crippen LogP contribution >= 0.6 is 0 Å². The molecule has 0 aliphatic carbocycles. The molecule has 1 aliphatic heterocycles. The lowest BCUT2D eigenvalue weighted by atomic mass is 10.2. The largest absolute Gasteiger partial charge is 0.472 e. The quantitative estimate of drug-likeness (QED) is 0.862.